The van der Waals surface area contributed by atoms with Gasteiger partial charge < -0.3 is 15.5 Å². The summed E-state index contributed by atoms with van der Waals surface area (Å²) in [5.74, 6) is 1.62. The number of aromatic amines is 1. The molecule has 0 aliphatic heterocycles. The lowest BCUT2D eigenvalue weighted by atomic mass is 10.1. The third-order valence-corrected chi connectivity index (χ3v) is 3.43. The minimum Gasteiger partial charge on any atom is -0.496 e. The van der Waals surface area contributed by atoms with Crippen molar-refractivity contribution in [3.8, 4) is 17.1 Å². The normalized spacial score (nSPS) is 10.9. The zero-order valence-electron chi connectivity index (χ0n) is 11.6. The quantitative estimate of drug-likeness (QED) is 0.766. The second-order valence-electron chi connectivity index (χ2n) is 4.81. The van der Waals surface area contributed by atoms with Crippen molar-refractivity contribution in [1.29, 1.82) is 0 Å². The molecule has 0 spiro atoms. The second-order valence-corrected chi connectivity index (χ2v) is 4.81. The van der Waals surface area contributed by atoms with Gasteiger partial charge in [-0.05, 0) is 30.7 Å². The van der Waals surface area contributed by atoms with Crippen LogP contribution in [0.2, 0.25) is 0 Å². The molecule has 0 aliphatic rings. The number of aryl methyl sites for hydroxylation is 1. The minimum atomic E-state index is 0.479. The van der Waals surface area contributed by atoms with Crippen molar-refractivity contribution in [2.24, 2.45) is 5.73 Å². The standard InChI is InChI=1S/C16H17N3O/c1-10-6-7-14(20-2)12(8-10)16-18-13-5-3-4-11(9-17)15(13)19-16/h3-8H,9,17H2,1-2H3,(H,18,19). The highest BCUT2D eigenvalue weighted by molar-refractivity contribution is 5.83. The van der Waals surface area contributed by atoms with Gasteiger partial charge in [0.25, 0.3) is 0 Å². The monoisotopic (exact) mass is 267 g/mol. The first kappa shape index (κ1) is 12.7. The number of rotatable bonds is 3. The van der Waals surface area contributed by atoms with E-state index in [1.165, 1.54) is 5.56 Å². The molecule has 20 heavy (non-hydrogen) atoms. The van der Waals surface area contributed by atoms with E-state index in [4.69, 9.17) is 10.5 Å². The predicted molar refractivity (Wildman–Crippen MR) is 80.7 cm³/mol. The van der Waals surface area contributed by atoms with Crippen LogP contribution in [0.25, 0.3) is 22.4 Å². The third-order valence-electron chi connectivity index (χ3n) is 3.43. The van der Waals surface area contributed by atoms with Gasteiger partial charge in [-0.1, -0.05) is 23.8 Å². The number of nitrogens with zero attached hydrogens (tertiary/aromatic N) is 1. The molecule has 0 bridgehead atoms. The first-order valence-corrected chi connectivity index (χ1v) is 6.55. The van der Waals surface area contributed by atoms with Crippen LogP contribution in [0.5, 0.6) is 5.75 Å². The summed E-state index contributed by atoms with van der Waals surface area (Å²) in [6.45, 7) is 2.53. The van der Waals surface area contributed by atoms with Crippen molar-refractivity contribution >= 4 is 11.0 Å². The fraction of sp³-hybridized carbons (Fsp3) is 0.188. The molecule has 4 heteroatoms. The molecular formula is C16H17N3O. The smallest absolute Gasteiger partial charge is 0.142 e. The Morgan fingerprint density at radius 1 is 1.25 bits per heavy atom. The van der Waals surface area contributed by atoms with Crippen LogP contribution in [0.1, 0.15) is 11.1 Å². The Balaban J connectivity index is 2.22. The molecule has 3 N–H and O–H groups in total. The summed E-state index contributed by atoms with van der Waals surface area (Å²) >= 11 is 0. The molecule has 1 aromatic heterocycles. The van der Waals surface area contributed by atoms with Gasteiger partial charge in [-0.3, -0.25) is 0 Å². The number of H-pyrrole nitrogens is 1. The number of nitrogens with one attached hydrogen (secondary N) is 1. The van der Waals surface area contributed by atoms with Gasteiger partial charge in [0, 0.05) is 6.54 Å². The Labute approximate surface area is 117 Å². The second kappa shape index (κ2) is 4.98. The van der Waals surface area contributed by atoms with E-state index in [0.717, 1.165) is 33.7 Å². The largest absolute Gasteiger partial charge is 0.496 e. The molecule has 102 valence electrons. The molecule has 0 aliphatic carbocycles. The van der Waals surface area contributed by atoms with Crippen LogP contribution in [0.3, 0.4) is 0 Å². The van der Waals surface area contributed by atoms with Crippen LogP contribution < -0.4 is 10.5 Å². The summed E-state index contributed by atoms with van der Waals surface area (Å²) in [6.07, 6.45) is 0. The maximum Gasteiger partial charge on any atom is 0.142 e. The zero-order chi connectivity index (χ0) is 14.1. The number of hydrogen-bond acceptors (Lipinski definition) is 3. The molecule has 0 amide bonds. The highest BCUT2D eigenvalue weighted by Crippen LogP contribution is 2.30. The molecule has 2 aromatic carbocycles. The van der Waals surface area contributed by atoms with E-state index in [1.54, 1.807) is 7.11 Å². The highest BCUT2D eigenvalue weighted by atomic mass is 16.5. The highest BCUT2D eigenvalue weighted by Gasteiger charge is 2.12. The lowest BCUT2D eigenvalue weighted by Crippen LogP contribution is -1.96. The average Bonchev–Trinajstić information content (AvgIpc) is 2.90. The van der Waals surface area contributed by atoms with Crippen molar-refractivity contribution < 1.29 is 4.74 Å². The van der Waals surface area contributed by atoms with E-state index in [9.17, 15) is 0 Å². The summed E-state index contributed by atoms with van der Waals surface area (Å²) in [5.41, 5.74) is 10.9. The fourth-order valence-electron chi connectivity index (χ4n) is 2.39. The molecule has 0 fully saturated rings. The van der Waals surface area contributed by atoms with Crippen LogP contribution >= 0.6 is 0 Å². The summed E-state index contributed by atoms with van der Waals surface area (Å²) in [5, 5.41) is 0. The van der Waals surface area contributed by atoms with Crippen LogP contribution in [0, 0.1) is 6.92 Å². The number of aromatic nitrogens is 2. The number of benzene rings is 2. The first-order chi connectivity index (χ1) is 9.72. The fourth-order valence-corrected chi connectivity index (χ4v) is 2.39. The molecule has 0 atom stereocenters. The van der Waals surface area contributed by atoms with Gasteiger partial charge in [0.05, 0.1) is 23.7 Å². The van der Waals surface area contributed by atoms with Gasteiger partial charge in [0.15, 0.2) is 0 Å². The Morgan fingerprint density at radius 2 is 2.10 bits per heavy atom. The molecule has 1 heterocycles. The lowest BCUT2D eigenvalue weighted by molar-refractivity contribution is 0.416. The number of imidazole rings is 1. The summed E-state index contributed by atoms with van der Waals surface area (Å²) in [6, 6.07) is 12.0. The van der Waals surface area contributed by atoms with E-state index in [-0.39, 0.29) is 0 Å². The van der Waals surface area contributed by atoms with Crippen LogP contribution in [0.4, 0.5) is 0 Å². The van der Waals surface area contributed by atoms with E-state index in [0.29, 0.717) is 6.54 Å². The van der Waals surface area contributed by atoms with Crippen molar-refractivity contribution in [3.63, 3.8) is 0 Å². The Morgan fingerprint density at radius 3 is 2.85 bits per heavy atom. The number of ether oxygens (including phenoxy) is 1. The first-order valence-electron chi connectivity index (χ1n) is 6.55. The maximum absolute atomic E-state index is 5.77. The van der Waals surface area contributed by atoms with Gasteiger partial charge in [0.2, 0.25) is 0 Å². The van der Waals surface area contributed by atoms with Crippen molar-refractivity contribution in [2.45, 2.75) is 13.5 Å². The number of hydrogen-bond donors (Lipinski definition) is 2. The van der Waals surface area contributed by atoms with Gasteiger partial charge in [0.1, 0.15) is 11.6 Å². The Kier molecular flexibility index (Phi) is 3.16. The van der Waals surface area contributed by atoms with Crippen molar-refractivity contribution in [3.05, 3.63) is 47.5 Å². The van der Waals surface area contributed by atoms with Crippen LogP contribution in [0.15, 0.2) is 36.4 Å². The SMILES string of the molecule is COc1ccc(C)cc1-c1nc2c(CN)cccc2[nH]1. The van der Waals surface area contributed by atoms with Gasteiger partial charge in [-0.25, -0.2) is 4.98 Å². The molecule has 3 aromatic rings. The van der Waals surface area contributed by atoms with Crippen LogP contribution in [-0.4, -0.2) is 17.1 Å². The van der Waals surface area contributed by atoms with Gasteiger partial charge >= 0.3 is 0 Å². The van der Waals surface area contributed by atoms with Gasteiger partial charge in [-0.2, -0.15) is 0 Å². The maximum atomic E-state index is 5.77. The third kappa shape index (κ3) is 2.04. The zero-order valence-corrected chi connectivity index (χ0v) is 11.6. The molecule has 0 unspecified atom stereocenters. The molecule has 0 saturated heterocycles. The molecular weight excluding hydrogens is 250 g/mol. The molecule has 0 saturated carbocycles. The minimum absolute atomic E-state index is 0.479. The van der Waals surface area contributed by atoms with Crippen molar-refractivity contribution in [1.82, 2.24) is 9.97 Å². The Hall–Kier alpha value is -2.33. The number of fused-ring (bicyclic) bond motifs is 1. The predicted octanol–water partition coefficient (Wildman–Crippen LogP) is 3.01. The average molecular weight is 267 g/mol. The molecule has 3 rings (SSSR count). The molecule has 4 nitrogen and oxygen atoms in total. The lowest BCUT2D eigenvalue weighted by Gasteiger charge is -2.06. The number of para-hydroxylation sites is 1. The number of nitrogens with two attached hydrogens (primary N) is 1. The summed E-state index contributed by atoms with van der Waals surface area (Å²) in [4.78, 5) is 8.03. The van der Waals surface area contributed by atoms with E-state index in [2.05, 4.69) is 23.0 Å². The van der Waals surface area contributed by atoms with E-state index >= 15 is 0 Å². The topological polar surface area (TPSA) is 63.9 Å². The number of methoxy groups -OCH3 is 1. The summed E-state index contributed by atoms with van der Waals surface area (Å²) in [7, 11) is 1.67. The molecule has 0 radical (unpaired) electrons. The summed E-state index contributed by atoms with van der Waals surface area (Å²) < 4.78 is 5.42. The van der Waals surface area contributed by atoms with Gasteiger partial charge in [-0.15, -0.1) is 0 Å². The van der Waals surface area contributed by atoms with E-state index < -0.39 is 0 Å². The Bertz CT molecular complexity index is 762. The van der Waals surface area contributed by atoms with Crippen LogP contribution in [-0.2, 0) is 6.54 Å². The van der Waals surface area contributed by atoms with Crippen molar-refractivity contribution in [2.75, 3.05) is 7.11 Å². The van der Waals surface area contributed by atoms with E-state index in [1.807, 2.05) is 30.3 Å².